The molecule has 4 aromatic rings. The minimum atomic E-state index is -1.39. The van der Waals surface area contributed by atoms with E-state index in [1.165, 1.54) is 18.1 Å². The van der Waals surface area contributed by atoms with Crippen LogP contribution in [0.25, 0.3) is 33.5 Å². The largest absolute Gasteiger partial charge is 0.494 e. The molecule has 0 aliphatic carbocycles. The molecule has 3 unspecified atom stereocenters. The van der Waals surface area contributed by atoms with Crippen molar-refractivity contribution in [3.8, 4) is 28.4 Å². The third kappa shape index (κ3) is 7.37. The SMILES string of the molecule is CCc1cc(OC)c(F)cc1-c1ccc2c(-c3nc4c(n3COCC[Si](C)(C)C)C(C(C)(C)C)N(C(=O)O)C(CO)C4)nn(C3CCCCO3)c2c1. The predicted molar refractivity (Wildman–Crippen MR) is 202 cm³/mol. The van der Waals surface area contributed by atoms with E-state index in [2.05, 4.69) is 19.6 Å². The average Bonchev–Trinajstić information content (AvgIpc) is 3.66. The molecule has 0 saturated carbocycles. The molecule has 1 amide bonds. The Morgan fingerprint density at radius 3 is 2.54 bits per heavy atom. The molecule has 282 valence electrons. The lowest BCUT2D eigenvalue weighted by molar-refractivity contribution is -0.0365. The Morgan fingerprint density at radius 2 is 1.92 bits per heavy atom. The molecule has 13 heteroatoms. The van der Waals surface area contributed by atoms with Crippen molar-refractivity contribution in [3.63, 3.8) is 0 Å². The van der Waals surface area contributed by atoms with Crippen molar-refractivity contribution >= 4 is 25.1 Å². The molecular formula is C39H54FN5O6Si. The van der Waals surface area contributed by atoms with Gasteiger partial charge in [-0.05, 0) is 78.1 Å². The van der Waals surface area contributed by atoms with E-state index in [0.29, 0.717) is 31.2 Å². The number of nitrogens with zero attached hydrogens (tertiary/aromatic N) is 5. The molecule has 2 aromatic heterocycles. The van der Waals surface area contributed by atoms with Crippen LogP contribution >= 0.6 is 0 Å². The van der Waals surface area contributed by atoms with Crippen LogP contribution in [-0.4, -0.2) is 81.6 Å². The molecule has 2 aliphatic heterocycles. The zero-order chi connectivity index (χ0) is 37.5. The standard InChI is InChI=1S/C39H54FN5O6Si/c1-9-24-19-32(49-5)29(40)21-28(24)25-13-14-27-31(18-25)45(33-12-10-11-15-51-33)42-34(27)37-41-30-20-26(22-46)44(38(47)48)36(39(2,3)4)35(30)43(37)23-50-16-17-52(6,7)8/h13-14,18-19,21,26,33,36,46H,9-12,15-17,20,22-23H2,1-8H3,(H,47,48). The van der Waals surface area contributed by atoms with Gasteiger partial charge >= 0.3 is 6.09 Å². The number of imidazole rings is 1. The number of aliphatic hydroxyl groups is 1. The molecule has 1 fully saturated rings. The number of hydrogen-bond donors (Lipinski definition) is 2. The fourth-order valence-corrected chi connectivity index (χ4v) is 8.40. The number of amides is 1. The van der Waals surface area contributed by atoms with Crippen molar-refractivity contribution in [3.05, 3.63) is 53.1 Å². The van der Waals surface area contributed by atoms with Crippen molar-refractivity contribution < 1.29 is 33.6 Å². The molecule has 2 aromatic carbocycles. The second kappa shape index (κ2) is 14.9. The number of benzene rings is 2. The molecule has 2 aliphatic rings. The smallest absolute Gasteiger partial charge is 0.408 e. The Balaban J connectivity index is 1.58. The van der Waals surface area contributed by atoms with Crippen LogP contribution in [0.5, 0.6) is 5.75 Å². The lowest BCUT2D eigenvalue weighted by Gasteiger charge is -2.45. The van der Waals surface area contributed by atoms with Crippen molar-refractivity contribution in [2.75, 3.05) is 26.9 Å². The molecule has 6 rings (SSSR count). The van der Waals surface area contributed by atoms with E-state index in [-0.39, 0.29) is 31.7 Å². The molecule has 1 saturated heterocycles. The third-order valence-electron chi connectivity index (χ3n) is 10.3. The monoisotopic (exact) mass is 735 g/mol. The van der Waals surface area contributed by atoms with Gasteiger partial charge in [-0.25, -0.2) is 18.9 Å². The van der Waals surface area contributed by atoms with Crippen LogP contribution in [0.4, 0.5) is 9.18 Å². The molecule has 3 atom stereocenters. The van der Waals surface area contributed by atoms with Crippen molar-refractivity contribution in [1.29, 1.82) is 0 Å². The average molecular weight is 736 g/mol. The number of ether oxygens (including phenoxy) is 3. The van der Waals surface area contributed by atoms with E-state index in [1.807, 2.05) is 55.1 Å². The Labute approximate surface area is 306 Å². The highest BCUT2D eigenvalue weighted by Gasteiger charge is 2.47. The van der Waals surface area contributed by atoms with Crippen LogP contribution in [0.15, 0.2) is 30.3 Å². The fourth-order valence-electron chi connectivity index (χ4n) is 7.65. The first kappa shape index (κ1) is 38.0. The van der Waals surface area contributed by atoms with Gasteiger partial charge in [0.05, 0.1) is 42.7 Å². The van der Waals surface area contributed by atoms with E-state index >= 15 is 4.39 Å². The van der Waals surface area contributed by atoms with Gasteiger partial charge in [-0.3, -0.25) is 4.90 Å². The number of aromatic nitrogens is 4. The van der Waals surface area contributed by atoms with E-state index in [0.717, 1.165) is 64.3 Å². The van der Waals surface area contributed by atoms with Crippen molar-refractivity contribution in [2.45, 2.75) is 111 Å². The second-order valence-corrected chi connectivity index (χ2v) is 22.0. The lowest BCUT2D eigenvalue weighted by Crippen LogP contribution is -2.52. The number of hydrogen-bond acceptors (Lipinski definition) is 7. The number of carbonyl (C=O) groups is 1. The lowest BCUT2D eigenvalue weighted by atomic mass is 9.79. The molecule has 0 radical (unpaired) electrons. The minimum absolute atomic E-state index is 0.170. The molecule has 0 bridgehead atoms. The van der Waals surface area contributed by atoms with E-state index in [4.69, 9.17) is 24.3 Å². The first-order chi connectivity index (χ1) is 24.7. The number of carboxylic acid groups (broad SMARTS) is 1. The number of methoxy groups -OCH3 is 1. The van der Waals surface area contributed by atoms with Crippen molar-refractivity contribution in [2.24, 2.45) is 5.41 Å². The van der Waals surface area contributed by atoms with Gasteiger partial charge in [0, 0.05) is 33.1 Å². The van der Waals surface area contributed by atoms with Gasteiger partial charge in [0.25, 0.3) is 0 Å². The summed E-state index contributed by atoms with van der Waals surface area (Å²) in [6, 6.07) is 9.07. The van der Waals surface area contributed by atoms with Crippen LogP contribution in [0, 0.1) is 11.2 Å². The Hall–Kier alpha value is -3.78. The topological polar surface area (TPSA) is 124 Å². The normalized spacial score (nSPS) is 19.7. The summed E-state index contributed by atoms with van der Waals surface area (Å²) in [5, 5.41) is 27.0. The van der Waals surface area contributed by atoms with Gasteiger partial charge in [-0.2, -0.15) is 5.10 Å². The van der Waals surface area contributed by atoms with Gasteiger partial charge in [0.2, 0.25) is 0 Å². The molecular weight excluding hydrogens is 682 g/mol. The van der Waals surface area contributed by atoms with E-state index < -0.39 is 37.5 Å². The van der Waals surface area contributed by atoms with Gasteiger partial charge in [0.1, 0.15) is 12.4 Å². The maximum Gasteiger partial charge on any atom is 0.408 e. The van der Waals surface area contributed by atoms with Gasteiger partial charge in [-0.15, -0.1) is 0 Å². The summed E-state index contributed by atoms with van der Waals surface area (Å²) in [6.45, 7) is 16.0. The summed E-state index contributed by atoms with van der Waals surface area (Å²) >= 11 is 0. The highest BCUT2D eigenvalue weighted by atomic mass is 28.3. The zero-order valence-electron chi connectivity index (χ0n) is 31.8. The number of aliphatic hydroxyl groups excluding tert-OH is 1. The number of halogens is 1. The predicted octanol–water partition coefficient (Wildman–Crippen LogP) is 8.27. The number of fused-ring (bicyclic) bond motifs is 2. The first-order valence-electron chi connectivity index (χ1n) is 18.5. The highest BCUT2D eigenvalue weighted by Crippen LogP contribution is 2.46. The van der Waals surface area contributed by atoms with E-state index in [9.17, 15) is 15.0 Å². The quantitative estimate of drug-likeness (QED) is 0.117. The Kier molecular flexibility index (Phi) is 10.9. The van der Waals surface area contributed by atoms with Crippen LogP contribution in [0.3, 0.4) is 0 Å². The third-order valence-corrected chi connectivity index (χ3v) is 12.0. The molecule has 52 heavy (non-hydrogen) atoms. The number of aryl methyl sites for hydroxylation is 1. The summed E-state index contributed by atoms with van der Waals surface area (Å²) < 4.78 is 37.0. The number of rotatable bonds is 11. The molecule has 4 heterocycles. The minimum Gasteiger partial charge on any atom is -0.494 e. The Morgan fingerprint density at radius 1 is 1.15 bits per heavy atom. The Bertz CT molecular complexity index is 1920. The van der Waals surface area contributed by atoms with Crippen molar-refractivity contribution in [1.82, 2.24) is 24.2 Å². The van der Waals surface area contributed by atoms with Gasteiger partial charge in [0.15, 0.2) is 23.6 Å². The summed E-state index contributed by atoms with van der Waals surface area (Å²) in [7, 11) is 0.0779. The van der Waals surface area contributed by atoms with E-state index in [1.54, 1.807) is 6.07 Å². The molecule has 2 N–H and O–H groups in total. The molecule has 11 nitrogen and oxygen atoms in total. The summed E-state index contributed by atoms with van der Waals surface area (Å²) in [5.41, 5.74) is 5.01. The summed E-state index contributed by atoms with van der Waals surface area (Å²) in [4.78, 5) is 19.5. The fraction of sp³-hybridized carbons (Fsp3) is 0.564. The highest BCUT2D eigenvalue weighted by molar-refractivity contribution is 6.76. The maximum absolute atomic E-state index is 15.1. The summed E-state index contributed by atoms with van der Waals surface area (Å²) in [6.07, 6.45) is 2.34. The molecule has 0 spiro atoms. The van der Waals surface area contributed by atoms with Gasteiger partial charge in [-0.1, -0.05) is 53.4 Å². The van der Waals surface area contributed by atoms with Gasteiger partial charge < -0.3 is 29.0 Å². The summed E-state index contributed by atoms with van der Waals surface area (Å²) in [5.74, 6) is 0.366. The van der Waals surface area contributed by atoms with Crippen LogP contribution in [-0.2, 0) is 29.0 Å². The first-order valence-corrected chi connectivity index (χ1v) is 22.2. The van der Waals surface area contributed by atoms with Crippen LogP contribution in [0.1, 0.15) is 76.2 Å². The maximum atomic E-state index is 15.1. The second-order valence-electron chi connectivity index (χ2n) is 16.4. The van der Waals surface area contributed by atoms with Crippen LogP contribution in [0.2, 0.25) is 25.7 Å². The van der Waals surface area contributed by atoms with Crippen LogP contribution < -0.4 is 4.74 Å². The zero-order valence-corrected chi connectivity index (χ0v) is 32.8.